The Morgan fingerprint density at radius 2 is 2.21 bits per heavy atom. The summed E-state index contributed by atoms with van der Waals surface area (Å²) in [5, 5.41) is 1.35. The quantitative estimate of drug-likeness (QED) is 0.839. The summed E-state index contributed by atoms with van der Waals surface area (Å²) < 4.78 is 1.15. The van der Waals surface area contributed by atoms with Crippen molar-refractivity contribution in [3.63, 3.8) is 0 Å². The van der Waals surface area contributed by atoms with Crippen molar-refractivity contribution in [3.05, 3.63) is 34.4 Å². The van der Waals surface area contributed by atoms with Crippen LogP contribution in [0.4, 0.5) is 0 Å². The van der Waals surface area contributed by atoms with Crippen molar-refractivity contribution in [1.82, 2.24) is 4.98 Å². The summed E-state index contributed by atoms with van der Waals surface area (Å²) >= 11 is 3.51. The van der Waals surface area contributed by atoms with Crippen LogP contribution in [0.2, 0.25) is 0 Å². The lowest BCUT2D eigenvalue weighted by atomic mass is 10.1. The molecule has 1 N–H and O–H groups in total. The first-order chi connectivity index (χ1) is 6.81. The molecule has 1 heterocycles. The van der Waals surface area contributed by atoms with E-state index in [-0.39, 0.29) is 0 Å². The smallest absolute Gasteiger partial charge is 0.0457 e. The van der Waals surface area contributed by atoms with E-state index in [2.05, 4.69) is 52.2 Å². The van der Waals surface area contributed by atoms with Gasteiger partial charge >= 0.3 is 0 Å². The van der Waals surface area contributed by atoms with Gasteiger partial charge in [0.15, 0.2) is 0 Å². The van der Waals surface area contributed by atoms with E-state index in [1.807, 2.05) is 0 Å². The van der Waals surface area contributed by atoms with Crippen LogP contribution in [0, 0.1) is 0 Å². The van der Waals surface area contributed by atoms with Gasteiger partial charge in [0.25, 0.3) is 0 Å². The minimum Gasteiger partial charge on any atom is -0.361 e. The molecular formula is C12H14BrN. The predicted octanol–water partition coefficient (Wildman–Crippen LogP) is 4.27. The lowest BCUT2D eigenvalue weighted by Gasteiger charge is -1.97. The van der Waals surface area contributed by atoms with Crippen molar-refractivity contribution in [3.8, 4) is 0 Å². The molecule has 0 saturated heterocycles. The normalized spacial score (nSPS) is 11.0. The van der Waals surface area contributed by atoms with Gasteiger partial charge in [-0.1, -0.05) is 29.3 Å². The van der Waals surface area contributed by atoms with Gasteiger partial charge < -0.3 is 4.98 Å². The van der Waals surface area contributed by atoms with Crippen molar-refractivity contribution in [1.29, 1.82) is 0 Å². The topological polar surface area (TPSA) is 15.8 Å². The molecule has 0 radical (unpaired) electrons. The van der Waals surface area contributed by atoms with E-state index in [9.17, 15) is 0 Å². The van der Waals surface area contributed by atoms with Crippen LogP contribution < -0.4 is 0 Å². The number of aromatic nitrogens is 1. The van der Waals surface area contributed by atoms with Gasteiger partial charge in [0, 0.05) is 21.6 Å². The van der Waals surface area contributed by atoms with Crippen molar-refractivity contribution in [2.45, 2.75) is 26.2 Å². The van der Waals surface area contributed by atoms with E-state index in [1.54, 1.807) is 0 Å². The predicted molar refractivity (Wildman–Crippen MR) is 64.6 cm³/mol. The SMILES string of the molecule is CCCCc1c[nH]c2ccc(Br)cc12. The van der Waals surface area contributed by atoms with Gasteiger partial charge in [-0.15, -0.1) is 0 Å². The summed E-state index contributed by atoms with van der Waals surface area (Å²) in [4.78, 5) is 3.30. The molecule has 1 aromatic heterocycles. The third-order valence-electron chi connectivity index (χ3n) is 2.53. The van der Waals surface area contributed by atoms with Gasteiger partial charge in [-0.05, 0) is 36.6 Å². The van der Waals surface area contributed by atoms with E-state index >= 15 is 0 Å². The molecule has 14 heavy (non-hydrogen) atoms. The zero-order valence-corrected chi connectivity index (χ0v) is 9.89. The Kier molecular flexibility index (Phi) is 2.92. The monoisotopic (exact) mass is 251 g/mol. The standard InChI is InChI=1S/C12H14BrN/c1-2-3-4-9-8-14-12-6-5-10(13)7-11(9)12/h5-8,14H,2-4H2,1H3. The number of benzene rings is 1. The molecule has 2 rings (SSSR count). The molecule has 74 valence electrons. The van der Waals surface area contributed by atoms with Crippen LogP contribution in [-0.4, -0.2) is 4.98 Å². The largest absolute Gasteiger partial charge is 0.361 e. The van der Waals surface area contributed by atoms with Gasteiger partial charge in [0.1, 0.15) is 0 Å². The number of halogens is 1. The number of aryl methyl sites for hydroxylation is 1. The second-order valence-corrected chi connectivity index (χ2v) is 4.52. The van der Waals surface area contributed by atoms with Crippen LogP contribution in [0.15, 0.2) is 28.9 Å². The van der Waals surface area contributed by atoms with Crippen molar-refractivity contribution >= 4 is 26.8 Å². The number of hydrogen-bond acceptors (Lipinski definition) is 0. The second kappa shape index (κ2) is 4.18. The minimum atomic E-state index is 1.15. The molecule has 2 aromatic rings. The van der Waals surface area contributed by atoms with Gasteiger partial charge in [-0.2, -0.15) is 0 Å². The number of fused-ring (bicyclic) bond motifs is 1. The van der Waals surface area contributed by atoms with Gasteiger partial charge in [0.05, 0.1) is 0 Å². The molecular weight excluding hydrogens is 238 g/mol. The fourth-order valence-electron chi connectivity index (χ4n) is 1.72. The van der Waals surface area contributed by atoms with Gasteiger partial charge in [-0.3, -0.25) is 0 Å². The van der Waals surface area contributed by atoms with Crippen molar-refractivity contribution in [2.75, 3.05) is 0 Å². The highest BCUT2D eigenvalue weighted by atomic mass is 79.9. The van der Waals surface area contributed by atoms with Crippen LogP contribution in [-0.2, 0) is 6.42 Å². The van der Waals surface area contributed by atoms with E-state index in [0.29, 0.717) is 0 Å². The zero-order chi connectivity index (χ0) is 9.97. The zero-order valence-electron chi connectivity index (χ0n) is 8.31. The first-order valence-corrected chi connectivity index (χ1v) is 5.86. The average Bonchev–Trinajstić information content (AvgIpc) is 2.57. The summed E-state index contributed by atoms with van der Waals surface area (Å²) in [6.45, 7) is 2.23. The number of nitrogens with one attached hydrogen (secondary N) is 1. The third kappa shape index (κ3) is 1.85. The molecule has 1 aromatic carbocycles. The maximum absolute atomic E-state index is 3.51. The van der Waals surface area contributed by atoms with Crippen LogP contribution in [0.25, 0.3) is 10.9 Å². The lowest BCUT2D eigenvalue weighted by molar-refractivity contribution is 0.799. The Morgan fingerprint density at radius 3 is 3.00 bits per heavy atom. The molecule has 0 amide bonds. The average molecular weight is 252 g/mol. The van der Waals surface area contributed by atoms with E-state index < -0.39 is 0 Å². The van der Waals surface area contributed by atoms with Crippen LogP contribution in [0.5, 0.6) is 0 Å². The minimum absolute atomic E-state index is 1.15. The maximum atomic E-state index is 3.51. The fourth-order valence-corrected chi connectivity index (χ4v) is 2.09. The van der Waals surface area contributed by atoms with E-state index in [4.69, 9.17) is 0 Å². The summed E-state index contributed by atoms with van der Waals surface area (Å²) in [7, 11) is 0. The second-order valence-electron chi connectivity index (χ2n) is 3.61. The van der Waals surface area contributed by atoms with Crippen LogP contribution in [0.3, 0.4) is 0 Å². The van der Waals surface area contributed by atoms with Gasteiger partial charge in [-0.25, -0.2) is 0 Å². The highest BCUT2D eigenvalue weighted by molar-refractivity contribution is 9.10. The Labute approximate surface area is 92.6 Å². The molecule has 0 bridgehead atoms. The maximum Gasteiger partial charge on any atom is 0.0457 e. The summed E-state index contributed by atoms with van der Waals surface area (Å²) in [5.74, 6) is 0. The Balaban J connectivity index is 2.40. The number of hydrogen-bond donors (Lipinski definition) is 1. The molecule has 0 aliphatic heterocycles. The molecule has 0 spiro atoms. The molecule has 0 aliphatic rings. The molecule has 0 fully saturated rings. The molecule has 0 saturated carbocycles. The lowest BCUT2D eigenvalue weighted by Crippen LogP contribution is -1.81. The van der Waals surface area contributed by atoms with Gasteiger partial charge in [0.2, 0.25) is 0 Å². The number of aromatic amines is 1. The third-order valence-corrected chi connectivity index (χ3v) is 3.02. The summed E-state index contributed by atoms with van der Waals surface area (Å²) in [6, 6.07) is 6.38. The van der Waals surface area contributed by atoms with E-state index in [0.717, 1.165) is 4.47 Å². The Bertz CT molecular complexity index is 431. The summed E-state index contributed by atoms with van der Waals surface area (Å²) in [5.41, 5.74) is 2.67. The first kappa shape index (κ1) is 9.78. The molecule has 0 aliphatic carbocycles. The number of unbranched alkanes of at least 4 members (excludes halogenated alkanes) is 1. The van der Waals surface area contributed by atoms with Crippen LogP contribution in [0.1, 0.15) is 25.3 Å². The highest BCUT2D eigenvalue weighted by Gasteiger charge is 2.02. The Morgan fingerprint density at radius 1 is 1.36 bits per heavy atom. The fraction of sp³-hybridized carbons (Fsp3) is 0.333. The number of H-pyrrole nitrogens is 1. The molecule has 0 unspecified atom stereocenters. The van der Waals surface area contributed by atoms with Crippen LogP contribution >= 0.6 is 15.9 Å². The molecule has 2 heteroatoms. The first-order valence-electron chi connectivity index (χ1n) is 5.07. The summed E-state index contributed by atoms with van der Waals surface area (Å²) in [6.07, 6.45) is 5.82. The number of rotatable bonds is 3. The molecule has 1 nitrogen and oxygen atoms in total. The highest BCUT2D eigenvalue weighted by Crippen LogP contribution is 2.23. The Hall–Kier alpha value is -0.760. The van der Waals surface area contributed by atoms with Crippen molar-refractivity contribution < 1.29 is 0 Å². The van der Waals surface area contributed by atoms with E-state index in [1.165, 1.54) is 35.7 Å². The van der Waals surface area contributed by atoms with Crippen molar-refractivity contribution in [2.24, 2.45) is 0 Å². The molecule has 0 atom stereocenters.